The van der Waals surface area contributed by atoms with Gasteiger partial charge in [-0.1, -0.05) is 17.7 Å². The third-order valence-electron chi connectivity index (χ3n) is 4.56. The standard InChI is InChI=1S/C19H20ClN5O3S/c1-14-5-6-21-18(11-14)25-13-15(12-22-25)29(26,27)23-17-4-2-3-16(20)19(17)24-7-9-28-10-8-24/h2-6,11-13,23H,7-10H2,1H3. The van der Waals surface area contributed by atoms with Crippen molar-refractivity contribution in [3.05, 3.63) is 59.5 Å². The first-order valence-corrected chi connectivity index (χ1v) is 10.9. The quantitative estimate of drug-likeness (QED) is 0.665. The van der Waals surface area contributed by atoms with Crippen molar-refractivity contribution in [2.24, 2.45) is 0 Å². The van der Waals surface area contributed by atoms with Crippen LogP contribution in [0.4, 0.5) is 11.4 Å². The summed E-state index contributed by atoms with van der Waals surface area (Å²) in [6, 6.07) is 8.83. The van der Waals surface area contributed by atoms with Gasteiger partial charge in [0.25, 0.3) is 10.0 Å². The van der Waals surface area contributed by atoms with Gasteiger partial charge in [-0.25, -0.2) is 18.1 Å². The second kappa shape index (κ2) is 8.02. The van der Waals surface area contributed by atoms with Gasteiger partial charge >= 0.3 is 0 Å². The van der Waals surface area contributed by atoms with Crippen LogP contribution in [0.3, 0.4) is 0 Å². The highest BCUT2D eigenvalue weighted by Crippen LogP contribution is 2.35. The van der Waals surface area contributed by atoms with Crippen molar-refractivity contribution in [1.29, 1.82) is 0 Å². The Bertz CT molecular complexity index is 1130. The van der Waals surface area contributed by atoms with Gasteiger partial charge in [-0.3, -0.25) is 4.72 Å². The molecule has 0 spiro atoms. The number of pyridine rings is 1. The number of nitrogens with one attached hydrogen (secondary N) is 1. The van der Waals surface area contributed by atoms with Crippen LogP contribution >= 0.6 is 11.6 Å². The lowest BCUT2D eigenvalue weighted by Gasteiger charge is -2.31. The predicted molar refractivity (Wildman–Crippen MR) is 111 cm³/mol. The first-order chi connectivity index (χ1) is 13.9. The Morgan fingerprint density at radius 2 is 2.00 bits per heavy atom. The van der Waals surface area contributed by atoms with Gasteiger partial charge in [-0.05, 0) is 36.8 Å². The Balaban J connectivity index is 1.64. The van der Waals surface area contributed by atoms with Gasteiger partial charge in [0.1, 0.15) is 4.90 Å². The minimum absolute atomic E-state index is 0.0358. The first-order valence-electron chi connectivity index (χ1n) is 9.06. The van der Waals surface area contributed by atoms with Crippen molar-refractivity contribution in [3.8, 4) is 5.82 Å². The zero-order chi connectivity index (χ0) is 20.4. The Morgan fingerprint density at radius 1 is 1.21 bits per heavy atom. The molecule has 8 nitrogen and oxygen atoms in total. The van der Waals surface area contributed by atoms with Crippen molar-refractivity contribution in [2.45, 2.75) is 11.8 Å². The highest BCUT2D eigenvalue weighted by atomic mass is 35.5. The number of hydrogen-bond acceptors (Lipinski definition) is 6. The molecule has 3 heterocycles. The largest absolute Gasteiger partial charge is 0.378 e. The van der Waals surface area contributed by atoms with E-state index in [4.69, 9.17) is 16.3 Å². The summed E-state index contributed by atoms with van der Waals surface area (Å²) in [5.74, 6) is 0.545. The Morgan fingerprint density at radius 3 is 2.76 bits per heavy atom. The van der Waals surface area contributed by atoms with E-state index in [1.807, 2.05) is 24.0 Å². The van der Waals surface area contributed by atoms with Crippen molar-refractivity contribution in [3.63, 3.8) is 0 Å². The summed E-state index contributed by atoms with van der Waals surface area (Å²) >= 11 is 6.39. The molecule has 1 aliphatic rings. The van der Waals surface area contributed by atoms with E-state index in [1.54, 1.807) is 24.4 Å². The maximum atomic E-state index is 13.0. The molecular weight excluding hydrogens is 414 g/mol. The molecule has 0 amide bonds. The van der Waals surface area contributed by atoms with E-state index < -0.39 is 10.0 Å². The predicted octanol–water partition coefficient (Wildman–Crippen LogP) is 2.87. The number of aryl methyl sites for hydroxylation is 1. The molecule has 1 aromatic carbocycles. The zero-order valence-electron chi connectivity index (χ0n) is 15.7. The molecule has 0 atom stereocenters. The molecule has 4 rings (SSSR count). The number of nitrogens with zero attached hydrogens (tertiary/aromatic N) is 4. The van der Waals surface area contributed by atoms with Gasteiger partial charge in [0, 0.05) is 19.3 Å². The van der Waals surface area contributed by atoms with Gasteiger partial charge < -0.3 is 9.64 Å². The average Bonchev–Trinajstić information content (AvgIpc) is 3.20. The summed E-state index contributed by atoms with van der Waals surface area (Å²) in [6.45, 7) is 4.33. The molecule has 1 N–H and O–H groups in total. The maximum absolute atomic E-state index is 13.0. The number of aromatic nitrogens is 3. The number of para-hydroxylation sites is 1. The monoisotopic (exact) mass is 433 g/mol. The number of rotatable bonds is 5. The molecule has 1 saturated heterocycles. The van der Waals surface area contributed by atoms with Crippen LogP contribution in [0.25, 0.3) is 5.82 Å². The molecule has 10 heteroatoms. The smallest absolute Gasteiger partial charge is 0.265 e. The van der Waals surface area contributed by atoms with Crippen LogP contribution < -0.4 is 9.62 Å². The topological polar surface area (TPSA) is 89.4 Å². The fourth-order valence-electron chi connectivity index (χ4n) is 3.13. The minimum atomic E-state index is -3.87. The number of hydrogen-bond donors (Lipinski definition) is 1. The normalized spacial score (nSPS) is 14.8. The number of benzene rings is 1. The van der Waals surface area contributed by atoms with Gasteiger partial charge in [0.2, 0.25) is 0 Å². The summed E-state index contributed by atoms with van der Waals surface area (Å²) in [5, 5.41) is 4.63. The third kappa shape index (κ3) is 4.21. The number of sulfonamides is 1. The number of halogens is 1. The van der Waals surface area contributed by atoms with Gasteiger partial charge in [0.05, 0.1) is 42.0 Å². The average molecular weight is 434 g/mol. The van der Waals surface area contributed by atoms with Gasteiger partial charge in [0.15, 0.2) is 5.82 Å². The lowest BCUT2D eigenvalue weighted by Crippen LogP contribution is -2.37. The second-order valence-electron chi connectivity index (χ2n) is 6.65. The molecular formula is C19H20ClN5O3S. The van der Waals surface area contributed by atoms with Crippen LogP contribution in [0.2, 0.25) is 5.02 Å². The second-order valence-corrected chi connectivity index (χ2v) is 8.74. The zero-order valence-corrected chi connectivity index (χ0v) is 17.3. The third-order valence-corrected chi connectivity index (χ3v) is 6.19. The molecule has 1 fully saturated rings. The van der Waals surface area contributed by atoms with Crippen LogP contribution in [-0.4, -0.2) is 49.5 Å². The Hall–Kier alpha value is -2.62. The number of morpholine rings is 1. The van der Waals surface area contributed by atoms with E-state index in [2.05, 4.69) is 14.8 Å². The summed E-state index contributed by atoms with van der Waals surface area (Å²) < 4.78 is 35.4. The Labute approximate surface area is 174 Å². The summed E-state index contributed by atoms with van der Waals surface area (Å²) in [5.41, 5.74) is 2.07. The minimum Gasteiger partial charge on any atom is -0.378 e. The lowest BCUT2D eigenvalue weighted by atomic mass is 10.2. The van der Waals surface area contributed by atoms with Crippen LogP contribution in [-0.2, 0) is 14.8 Å². The van der Waals surface area contributed by atoms with Crippen molar-refractivity contribution < 1.29 is 13.2 Å². The van der Waals surface area contributed by atoms with Gasteiger partial charge in [-0.15, -0.1) is 0 Å². The van der Waals surface area contributed by atoms with Crippen LogP contribution in [0, 0.1) is 6.92 Å². The van der Waals surface area contributed by atoms with Gasteiger partial charge in [-0.2, -0.15) is 5.10 Å². The van der Waals surface area contributed by atoms with Crippen LogP contribution in [0.1, 0.15) is 5.56 Å². The van der Waals surface area contributed by atoms with Crippen molar-refractivity contribution in [2.75, 3.05) is 35.9 Å². The number of ether oxygens (including phenoxy) is 1. The maximum Gasteiger partial charge on any atom is 0.265 e. The fourth-order valence-corrected chi connectivity index (χ4v) is 4.42. The highest BCUT2D eigenvalue weighted by Gasteiger charge is 2.23. The molecule has 2 aromatic heterocycles. The first kappa shape index (κ1) is 19.7. The molecule has 29 heavy (non-hydrogen) atoms. The molecule has 152 valence electrons. The number of anilines is 2. The molecule has 0 aliphatic carbocycles. The summed E-state index contributed by atoms with van der Waals surface area (Å²) in [4.78, 5) is 6.28. The summed E-state index contributed by atoms with van der Waals surface area (Å²) in [6.07, 6.45) is 4.38. The van der Waals surface area contributed by atoms with Crippen LogP contribution in [0.15, 0.2) is 53.8 Å². The SMILES string of the molecule is Cc1ccnc(-n2cc(S(=O)(=O)Nc3cccc(Cl)c3N3CCOCC3)cn2)c1. The molecule has 0 radical (unpaired) electrons. The van der Waals surface area contributed by atoms with Crippen molar-refractivity contribution in [1.82, 2.24) is 14.8 Å². The highest BCUT2D eigenvalue weighted by molar-refractivity contribution is 7.92. The molecule has 1 aliphatic heterocycles. The molecule has 0 bridgehead atoms. The summed E-state index contributed by atoms with van der Waals surface area (Å²) in [7, 11) is -3.87. The lowest BCUT2D eigenvalue weighted by molar-refractivity contribution is 0.123. The van der Waals surface area contributed by atoms with Crippen LogP contribution in [0.5, 0.6) is 0 Å². The van der Waals surface area contributed by atoms with E-state index in [-0.39, 0.29) is 4.90 Å². The fraction of sp³-hybridized carbons (Fsp3) is 0.263. The Kier molecular flexibility index (Phi) is 5.44. The van der Waals surface area contributed by atoms with E-state index in [0.29, 0.717) is 48.5 Å². The molecule has 0 unspecified atom stereocenters. The molecule has 0 saturated carbocycles. The van der Waals surface area contributed by atoms with Crippen molar-refractivity contribution >= 4 is 33.0 Å². The van der Waals surface area contributed by atoms with E-state index >= 15 is 0 Å². The van der Waals surface area contributed by atoms with E-state index in [9.17, 15) is 8.42 Å². The van der Waals surface area contributed by atoms with E-state index in [0.717, 1.165) is 5.56 Å². The molecule has 3 aromatic rings. The van der Waals surface area contributed by atoms with E-state index in [1.165, 1.54) is 17.1 Å².